The zero-order valence-corrected chi connectivity index (χ0v) is 14.0. The van der Waals surface area contributed by atoms with E-state index in [1.165, 1.54) is 5.56 Å². The maximum atomic E-state index is 11.9. The van der Waals surface area contributed by atoms with Gasteiger partial charge in [-0.3, -0.25) is 4.79 Å². The first kappa shape index (κ1) is 19.7. The van der Waals surface area contributed by atoms with E-state index in [0.29, 0.717) is 6.42 Å². The van der Waals surface area contributed by atoms with Gasteiger partial charge in [0.15, 0.2) is 0 Å². The van der Waals surface area contributed by atoms with Crippen molar-refractivity contribution in [2.24, 2.45) is 0 Å². The average Bonchev–Trinajstić information content (AvgIpc) is 2.49. The van der Waals surface area contributed by atoms with Crippen LogP contribution >= 0.6 is 12.4 Å². The van der Waals surface area contributed by atoms with Crippen molar-refractivity contribution in [2.45, 2.75) is 26.2 Å². The number of ether oxygens (including phenoxy) is 1. The molecular formula is C16H27ClN2O2. The van der Waals surface area contributed by atoms with E-state index in [1.807, 2.05) is 38.4 Å². The summed E-state index contributed by atoms with van der Waals surface area (Å²) in [6.07, 6.45) is 2.33. The monoisotopic (exact) mass is 314 g/mol. The normalized spacial score (nSPS) is 9.86. The number of amides is 1. The highest BCUT2D eigenvalue weighted by molar-refractivity contribution is 5.85. The molecule has 0 spiro atoms. The van der Waals surface area contributed by atoms with Crippen molar-refractivity contribution in [3.8, 4) is 5.75 Å². The minimum Gasteiger partial charge on any atom is -0.494 e. The van der Waals surface area contributed by atoms with Gasteiger partial charge in [-0.2, -0.15) is 0 Å². The van der Waals surface area contributed by atoms with Crippen LogP contribution in [0.5, 0.6) is 5.75 Å². The molecule has 0 fully saturated rings. The molecule has 0 aliphatic rings. The van der Waals surface area contributed by atoms with Crippen LogP contribution in [0.15, 0.2) is 24.3 Å². The van der Waals surface area contributed by atoms with E-state index in [0.717, 1.165) is 38.3 Å². The van der Waals surface area contributed by atoms with Crippen molar-refractivity contribution < 1.29 is 9.53 Å². The first-order chi connectivity index (χ1) is 9.67. The number of hydrogen-bond donors (Lipinski definition) is 1. The lowest BCUT2D eigenvalue weighted by Crippen LogP contribution is -2.32. The van der Waals surface area contributed by atoms with Crippen molar-refractivity contribution >= 4 is 18.3 Å². The van der Waals surface area contributed by atoms with Crippen molar-refractivity contribution in [3.05, 3.63) is 29.8 Å². The average molecular weight is 315 g/mol. The molecular weight excluding hydrogens is 288 g/mol. The van der Waals surface area contributed by atoms with Crippen molar-refractivity contribution in [2.75, 3.05) is 33.8 Å². The standard InChI is InChI=1S/C16H26N2O2.ClH/c1-4-13-20-15-8-5-14(6-9-15)7-10-16(19)18(3)12-11-17-2;/h5-6,8-9,17H,4,7,10-13H2,1-3H3;1H. The number of benzene rings is 1. The third-order valence-corrected chi connectivity index (χ3v) is 3.15. The summed E-state index contributed by atoms with van der Waals surface area (Å²) in [5.41, 5.74) is 1.17. The zero-order chi connectivity index (χ0) is 14.8. The fourth-order valence-corrected chi connectivity index (χ4v) is 1.82. The molecule has 0 aliphatic heterocycles. The Bertz CT molecular complexity index is 396. The molecule has 0 atom stereocenters. The van der Waals surface area contributed by atoms with E-state index >= 15 is 0 Å². The van der Waals surface area contributed by atoms with Gasteiger partial charge >= 0.3 is 0 Å². The van der Waals surface area contributed by atoms with Gasteiger partial charge in [0.05, 0.1) is 6.61 Å². The molecule has 0 unspecified atom stereocenters. The fourth-order valence-electron chi connectivity index (χ4n) is 1.82. The van der Waals surface area contributed by atoms with Gasteiger partial charge < -0.3 is 15.0 Å². The van der Waals surface area contributed by atoms with Crippen LogP contribution in [0.25, 0.3) is 0 Å². The molecule has 0 saturated carbocycles. The van der Waals surface area contributed by atoms with Gasteiger partial charge in [-0.15, -0.1) is 12.4 Å². The highest BCUT2D eigenvalue weighted by Crippen LogP contribution is 2.13. The van der Waals surface area contributed by atoms with Crippen LogP contribution in [-0.4, -0.2) is 44.6 Å². The number of hydrogen-bond acceptors (Lipinski definition) is 3. The molecule has 120 valence electrons. The Kier molecular flexibility index (Phi) is 10.7. The lowest BCUT2D eigenvalue weighted by molar-refractivity contribution is -0.129. The van der Waals surface area contributed by atoms with Crippen LogP contribution in [-0.2, 0) is 11.2 Å². The SMILES string of the molecule is CCCOc1ccc(CCC(=O)N(C)CCNC)cc1.Cl. The summed E-state index contributed by atoms with van der Waals surface area (Å²) in [5.74, 6) is 1.08. The lowest BCUT2D eigenvalue weighted by atomic mass is 10.1. The molecule has 0 radical (unpaired) electrons. The summed E-state index contributed by atoms with van der Waals surface area (Å²) in [6, 6.07) is 8.01. The highest BCUT2D eigenvalue weighted by Gasteiger charge is 2.08. The van der Waals surface area contributed by atoms with Gasteiger partial charge in [0.25, 0.3) is 0 Å². The Morgan fingerprint density at radius 3 is 2.52 bits per heavy atom. The molecule has 0 aliphatic carbocycles. The summed E-state index contributed by atoms with van der Waals surface area (Å²) in [7, 11) is 3.74. The maximum Gasteiger partial charge on any atom is 0.222 e. The number of halogens is 1. The van der Waals surface area contributed by atoms with Gasteiger partial charge in [-0.25, -0.2) is 0 Å². The van der Waals surface area contributed by atoms with E-state index in [4.69, 9.17) is 4.74 Å². The van der Waals surface area contributed by atoms with Crippen LogP contribution in [0.2, 0.25) is 0 Å². The fraction of sp³-hybridized carbons (Fsp3) is 0.562. The molecule has 5 heteroatoms. The minimum absolute atomic E-state index is 0. The summed E-state index contributed by atoms with van der Waals surface area (Å²) in [4.78, 5) is 13.7. The molecule has 1 rings (SSSR count). The third kappa shape index (κ3) is 7.93. The number of rotatable bonds is 9. The van der Waals surface area contributed by atoms with E-state index in [2.05, 4.69) is 12.2 Å². The summed E-state index contributed by atoms with van der Waals surface area (Å²) in [5, 5.41) is 3.04. The van der Waals surface area contributed by atoms with Crippen LogP contribution < -0.4 is 10.1 Å². The number of aryl methyl sites for hydroxylation is 1. The van der Waals surface area contributed by atoms with E-state index in [1.54, 1.807) is 4.90 Å². The largest absolute Gasteiger partial charge is 0.494 e. The van der Waals surface area contributed by atoms with Crippen molar-refractivity contribution in [1.29, 1.82) is 0 Å². The van der Waals surface area contributed by atoms with Crippen molar-refractivity contribution in [1.82, 2.24) is 10.2 Å². The molecule has 4 nitrogen and oxygen atoms in total. The third-order valence-electron chi connectivity index (χ3n) is 3.15. The molecule has 1 N–H and O–H groups in total. The first-order valence-electron chi connectivity index (χ1n) is 7.27. The van der Waals surface area contributed by atoms with Crippen molar-refractivity contribution in [3.63, 3.8) is 0 Å². The minimum atomic E-state index is 0. The van der Waals surface area contributed by atoms with Gasteiger partial charge in [0, 0.05) is 26.6 Å². The molecule has 0 heterocycles. The maximum absolute atomic E-state index is 11.9. The van der Waals surface area contributed by atoms with Gasteiger partial charge in [0.1, 0.15) is 5.75 Å². The Balaban J connectivity index is 0.00000400. The predicted octanol–water partition coefficient (Wildman–Crippen LogP) is 2.51. The predicted molar refractivity (Wildman–Crippen MR) is 89.4 cm³/mol. The second-order valence-corrected chi connectivity index (χ2v) is 4.91. The smallest absolute Gasteiger partial charge is 0.222 e. The second-order valence-electron chi connectivity index (χ2n) is 4.91. The molecule has 1 amide bonds. The topological polar surface area (TPSA) is 41.6 Å². The van der Waals surface area contributed by atoms with Crippen LogP contribution in [0.1, 0.15) is 25.3 Å². The molecule has 0 bridgehead atoms. The summed E-state index contributed by atoms with van der Waals surface area (Å²) in [6.45, 7) is 4.41. The van der Waals surface area contributed by atoms with E-state index in [9.17, 15) is 4.79 Å². The number of carbonyl (C=O) groups is 1. The summed E-state index contributed by atoms with van der Waals surface area (Å²) >= 11 is 0. The lowest BCUT2D eigenvalue weighted by Gasteiger charge is -2.16. The van der Waals surface area contributed by atoms with Gasteiger partial charge in [-0.05, 0) is 37.6 Å². The second kappa shape index (κ2) is 11.4. The van der Waals surface area contributed by atoms with Crippen LogP contribution in [0.4, 0.5) is 0 Å². The zero-order valence-electron chi connectivity index (χ0n) is 13.2. The highest BCUT2D eigenvalue weighted by atomic mass is 35.5. The van der Waals surface area contributed by atoms with Gasteiger partial charge in [-0.1, -0.05) is 19.1 Å². The van der Waals surface area contributed by atoms with Crippen LogP contribution in [0.3, 0.4) is 0 Å². The van der Waals surface area contributed by atoms with E-state index < -0.39 is 0 Å². The van der Waals surface area contributed by atoms with Crippen LogP contribution in [0, 0.1) is 0 Å². The number of nitrogens with zero attached hydrogens (tertiary/aromatic N) is 1. The van der Waals surface area contributed by atoms with Gasteiger partial charge in [0.2, 0.25) is 5.91 Å². The molecule has 0 saturated heterocycles. The Labute approximate surface area is 134 Å². The Morgan fingerprint density at radius 1 is 1.29 bits per heavy atom. The Morgan fingerprint density at radius 2 is 1.95 bits per heavy atom. The number of likely N-dealkylation sites (N-methyl/N-ethyl adjacent to an activating group) is 2. The molecule has 1 aromatic rings. The Hall–Kier alpha value is -1.26. The molecule has 1 aromatic carbocycles. The summed E-state index contributed by atoms with van der Waals surface area (Å²) < 4.78 is 5.54. The molecule has 21 heavy (non-hydrogen) atoms. The quantitative estimate of drug-likeness (QED) is 0.761. The number of nitrogens with one attached hydrogen (secondary N) is 1. The van der Waals surface area contributed by atoms with E-state index in [-0.39, 0.29) is 18.3 Å². The molecule has 0 aromatic heterocycles. The number of carbonyl (C=O) groups excluding carboxylic acids is 1. The first-order valence-corrected chi connectivity index (χ1v) is 7.27.